The van der Waals surface area contributed by atoms with Crippen molar-refractivity contribution in [1.82, 2.24) is 4.90 Å². The maximum Gasteiger partial charge on any atom is 0.254 e. The van der Waals surface area contributed by atoms with Crippen LogP contribution in [0.2, 0.25) is 0 Å². The first-order valence-electron chi connectivity index (χ1n) is 8.08. The van der Waals surface area contributed by atoms with E-state index in [-0.39, 0.29) is 30.1 Å². The van der Waals surface area contributed by atoms with Crippen LogP contribution in [0.1, 0.15) is 43.0 Å². The molecule has 8 heteroatoms. The number of rotatable bonds is 6. The predicted molar refractivity (Wildman–Crippen MR) is 99.1 cm³/mol. The molecule has 0 radical (unpaired) electrons. The second-order valence-electron chi connectivity index (χ2n) is 5.89. The van der Waals surface area contributed by atoms with Crippen LogP contribution in [-0.4, -0.2) is 44.1 Å². The highest BCUT2D eigenvalue weighted by atomic mass is 35.5. The van der Waals surface area contributed by atoms with Gasteiger partial charge < -0.3 is 10.6 Å². The highest BCUT2D eigenvalue weighted by Gasteiger charge is 2.26. The van der Waals surface area contributed by atoms with Crippen molar-refractivity contribution in [3.8, 4) is 0 Å². The average molecular weight is 376 g/mol. The molecule has 1 amide bonds. The number of amides is 1. The number of halogens is 1. The number of sulfonamides is 1. The number of hydrogen-bond donors (Lipinski definition) is 2. The van der Waals surface area contributed by atoms with Gasteiger partial charge in [0.1, 0.15) is 0 Å². The Kier molecular flexibility index (Phi) is 7.99. The number of carbonyl (C=O) groups is 1. The van der Waals surface area contributed by atoms with Crippen molar-refractivity contribution in [2.24, 2.45) is 5.73 Å². The second kappa shape index (κ2) is 9.25. The molecule has 1 unspecified atom stereocenters. The van der Waals surface area contributed by atoms with Crippen molar-refractivity contribution < 1.29 is 13.2 Å². The Labute approximate surface area is 150 Å². The van der Waals surface area contributed by atoms with E-state index < -0.39 is 10.0 Å². The summed E-state index contributed by atoms with van der Waals surface area (Å²) >= 11 is 0. The first-order valence-corrected chi connectivity index (χ1v) is 9.73. The van der Waals surface area contributed by atoms with E-state index in [1.54, 1.807) is 24.3 Å². The molecule has 0 saturated carbocycles. The SMILES string of the molecule is CCCS(=O)(=O)Nc1cccc(C(=O)N2CCCCC2CN)c1.Cl. The number of carbonyl (C=O) groups excluding carboxylic acids is 1. The molecule has 1 aliphatic rings. The third-order valence-corrected chi connectivity index (χ3v) is 5.51. The Morgan fingerprint density at radius 3 is 2.79 bits per heavy atom. The number of benzene rings is 1. The Balaban J connectivity index is 0.00000288. The lowest BCUT2D eigenvalue weighted by atomic mass is 10.0. The number of piperidine rings is 1. The summed E-state index contributed by atoms with van der Waals surface area (Å²) in [4.78, 5) is 14.5. The van der Waals surface area contributed by atoms with E-state index in [0.717, 1.165) is 19.3 Å². The first kappa shape index (κ1) is 20.7. The van der Waals surface area contributed by atoms with Gasteiger partial charge in [-0.25, -0.2) is 8.42 Å². The summed E-state index contributed by atoms with van der Waals surface area (Å²) in [5.41, 5.74) is 6.68. The standard InChI is InChI=1S/C16H25N3O3S.ClH/c1-2-10-23(21,22)18-14-7-5-6-13(11-14)16(20)19-9-4-3-8-15(19)12-17;/h5-7,11,15,18H,2-4,8-10,12,17H2,1H3;1H. The highest BCUT2D eigenvalue weighted by Crippen LogP contribution is 2.21. The molecule has 0 spiro atoms. The van der Waals surface area contributed by atoms with Crippen molar-refractivity contribution in [3.05, 3.63) is 29.8 Å². The van der Waals surface area contributed by atoms with Crippen LogP contribution in [0.4, 0.5) is 5.69 Å². The molecule has 1 aromatic carbocycles. The van der Waals surface area contributed by atoms with Gasteiger partial charge in [-0.3, -0.25) is 9.52 Å². The molecule has 3 N–H and O–H groups in total. The van der Waals surface area contributed by atoms with E-state index in [1.807, 2.05) is 11.8 Å². The zero-order valence-corrected chi connectivity index (χ0v) is 15.5. The number of anilines is 1. The highest BCUT2D eigenvalue weighted by molar-refractivity contribution is 7.92. The molecule has 1 aliphatic heterocycles. The zero-order chi connectivity index (χ0) is 16.9. The second-order valence-corrected chi connectivity index (χ2v) is 7.73. The number of nitrogens with two attached hydrogens (primary N) is 1. The van der Waals surface area contributed by atoms with Crippen LogP contribution < -0.4 is 10.5 Å². The van der Waals surface area contributed by atoms with Gasteiger partial charge in [-0.05, 0) is 43.9 Å². The molecule has 0 aliphatic carbocycles. The quantitative estimate of drug-likeness (QED) is 0.797. The molecule has 0 bridgehead atoms. The van der Waals surface area contributed by atoms with Crippen LogP contribution in [0, 0.1) is 0 Å². The molecule has 1 heterocycles. The molecule has 6 nitrogen and oxygen atoms in total. The fourth-order valence-corrected chi connectivity index (χ4v) is 4.02. The summed E-state index contributed by atoms with van der Waals surface area (Å²) in [5.74, 6) is -0.0243. The van der Waals surface area contributed by atoms with E-state index in [2.05, 4.69) is 4.72 Å². The summed E-state index contributed by atoms with van der Waals surface area (Å²) < 4.78 is 26.2. The molecular formula is C16H26ClN3O3S. The molecule has 1 atom stereocenters. The van der Waals surface area contributed by atoms with Crippen LogP contribution in [0.3, 0.4) is 0 Å². The summed E-state index contributed by atoms with van der Waals surface area (Å²) in [6.45, 7) is 2.96. The van der Waals surface area contributed by atoms with Gasteiger partial charge in [0.05, 0.1) is 5.75 Å². The van der Waals surface area contributed by atoms with Gasteiger partial charge in [0.15, 0.2) is 0 Å². The van der Waals surface area contributed by atoms with Crippen LogP contribution in [-0.2, 0) is 10.0 Å². The van der Waals surface area contributed by atoms with Crippen molar-refractivity contribution >= 4 is 34.0 Å². The van der Waals surface area contributed by atoms with Crippen molar-refractivity contribution in [2.45, 2.75) is 38.6 Å². The summed E-state index contributed by atoms with van der Waals surface area (Å²) in [6.07, 6.45) is 3.53. The number of hydrogen-bond acceptors (Lipinski definition) is 4. The minimum Gasteiger partial charge on any atom is -0.334 e. The van der Waals surface area contributed by atoms with Crippen LogP contribution in [0.25, 0.3) is 0 Å². The zero-order valence-electron chi connectivity index (χ0n) is 13.9. The maximum absolute atomic E-state index is 12.7. The van der Waals surface area contributed by atoms with Gasteiger partial charge in [-0.15, -0.1) is 12.4 Å². The van der Waals surface area contributed by atoms with E-state index in [0.29, 0.717) is 30.8 Å². The summed E-state index contributed by atoms with van der Waals surface area (Å²) in [5, 5.41) is 0. The molecule has 1 fully saturated rings. The van der Waals surface area contributed by atoms with Crippen molar-refractivity contribution in [3.63, 3.8) is 0 Å². The van der Waals surface area contributed by atoms with Gasteiger partial charge in [-0.1, -0.05) is 13.0 Å². The van der Waals surface area contributed by atoms with E-state index in [9.17, 15) is 13.2 Å². The predicted octanol–water partition coefficient (Wildman–Crippen LogP) is 2.21. The third kappa shape index (κ3) is 5.36. The fourth-order valence-electron chi connectivity index (χ4n) is 2.89. The van der Waals surface area contributed by atoms with E-state index in [1.165, 1.54) is 0 Å². The fraction of sp³-hybridized carbons (Fsp3) is 0.562. The lowest BCUT2D eigenvalue weighted by Gasteiger charge is -2.35. The maximum atomic E-state index is 12.7. The van der Waals surface area contributed by atoms with Crippen molar-refractivity contribution in [2.75, 3.05) is 23.6 Å². The topological polar surface area (TPSA) is 92.5 Å². The Morgan fingerprint density at radius 1 is 1.38 bits per heavy atom. The number of likely N-dealkylation sites (tertiary alicyclic amines) is 1. The number of nitrogens with one attached hydrogen (secondary N) is 1. The smallest absolute Gasteiger partial charge is 0.254 e. The molecule has 2 rings (SSSR count). The largest absolute Gasteiger partial charge is 0.334 e. The van der Waals surface area contributed by atoms with Gasteiger partial charge >= 0.3 is 0 Å². The minimum absolute atomic E-state index is 0. The normalized spacial score (nSPS) is 17.9. The number of nitrogens with zero attached hydrogens (tertiary/aromatic N) is 1. The van der Waals surface area contributed by atoms with Gasteiger partial charge in [0, 0.05) is 30.4 Å². The molecule has 0 aromatic heterocycles. The molecule has 1 aromatic rings. The lowest BCUT2D eigenvalue weighted by molar-refractivity contribution is 0.0623. The Morgan fingerprint density at radius 2 is 2.12 bits per heavy atom. The van der Waals surface area contributed by atoms with Gasteiger partial charge in [0.2, 0.25) is 10.0 Å². The third-order valence-electron chi connectivity index (χ3n) is 4.02. The molecule has 24 heavy (non-hydrogen) atoms. The monoisotopic (exact) mass is 375 g/mol. The van der Waals surface area contributed by atoms with Crippen LogP contribution >= 0.6 is 12.4 Å². The lowest BCUT2D eigenvalue weighted by Crippen LogP contribution is -2.47. The van der Waals surface area contributed by atoms with Crippen LogP contribution in [0.5, 0.6) is 0 Å². The Bertz CT molecular complexity index is 652. The Hall–Kier alpha value is -1.31. The summed E-state index contributed by atoms with van der Waals surface area (Å²) in [7, 11) is -3.36. The summed E-state index contributed by atoms with van der Waals surface area (Å²) in [6, 6.07) is 6.72. The molecule has 1 saturated heterocycles. The van der Waals surface area contributed by atoms with E-state index >= 15 is 0 Å². The van der Waals surface area contributed by atoms with Crippen molar-refractivity contribution in [1.29, 1.82) is 0 Å². The average Bonchev–Trinajstić information content (AvgIpc) is 2.53. The molecule has 136 valence electrons. The minimum atomic E-state index is -3.36. The first-order chi connectivity index (χ1) is 11.0. The van der Waals surface area contributed by atoms with Gasteiger partial charge in [-0.2, -0.15) is 0 Å². The van der Waals surface area contributed by atoms with E-state index in [4.69, 9.17) is 5.73 Å². The van der Waals surface area contributed by atoms with Crippen LogP contribution in [0.15, 0.2) is 24.3 Å². The van der Waals surface area contributed by atoms with Gasteiger partial charge in [0.25, 0.3) is 5.91 Å². The molecular weight excluding hydrogens is 350 g/mol.